The number of phenolic OH excluding ortho intramolecular Hbond substituents is 1. The molecular formula is C30H34N2O3. The number of hydrogen-bond donors (Lipinski definition) is 1. The van der Waals surface area contributed by atoms with E-state index < -0.39 is 0 Å². The van der Waals surface area contributed by atoms with E-state index in [0.717, 1.165) is 30.5 Å². The molecule has 2 aliphatic heterocycles. The van der Waals surface area contributed by atoms with Crippen molar-refractivity contribution in [2.45, 2.75) is 58.2 Å². The number of furan rings is 1. The van der Waals surface area contributed by atoms with Gasteiger partial charge in [0.15, 0.2) is 0 Å². The van der Waals surface area contributed by atoms with Crippen LogP contribution >= 0.6 is 0 Å². The lowest BCUT2D eigenvalue weighted by Gasteiger charge is -2.37. The lowest BCUT2D eigenvalue weighted by atomic mass is 9.85. The van der Waals surface area contributed by atoms with Crippen molar-refractivity contribution < 1.29 is 14.3 Å². The molecule has 35 heavy (non-hydrogen) atoms. The number of carbonyl (C=O) groups is 1. The minimum atomic E-state index is 0.0682. The van der Waals surface area contributed by atoms with Gasteiger partial charge in [-0.2, -0.15) is 0 Å². The molecule has 1 aromatic heterocycles. The molecule has 5 heteroatoms. The highest BCUT2D eigenvalue weighted by Gasteiger charge is 2.39. The third-order valence-corrected chi connectivity index (χ3v) is 7.64. The fourth-order valence-electron chi connectivity index (χ4n) is 5.87. The highest BCUT2D eigenvalue weighted by molar-refractivity contribution is 5.95. The molecule has 2 saturated heterocycles. The van der Waals surface area contributed by atoms with Gasteiger partial charge in [-0.25, -0.2) is 0 Å². The standard InChI is InChI=1S/C30H34N2O3/c1-3-31(4-2)30(34)23-10-8-22(9-11-23)29(24-6-5-7-28(33)18-24)25-16-26-12-13-27(17-25)32(26)19-21-14-15-35-20-21/h5-11,14-15,18,20,26-27,33H,3-4,12-13,16-17,19H2,1-2H3. The Morgan fingerprint density at radius 3 is 2.26 bits per heavy atom. The Kier molecular flexibility index (Phi) is 6.78. The number of fused-ring (bicyclic) bond motifs is 2. The van der Waals surface area contributed by atoms with E-state index in [2.05, 4.69) is 29.2 Å². The first kappa shape index (κ1) is 23.4. The summed E-state index contributed by atoms with van der Waals surface area (Å²) in [6.07, 6.45) is 8.04. The maximum absolute atomic E-state index is 12.8. The van der Waals surface area contributed by atoms with E-state index in [4.69, 9.17) is 4.42 Å². The summed E-state index contributed by atoms with van der Waals surface area (Å²) in [7, 11) is 0. The summed E-state index contributed by atoms with van der Waals surface area (Å²) in [5.41, 5.74) is 6.72. The summed E-state index contributed by atoms with van der Waals surface area (Å²) in [5.74, 6) is 0.341. The molecule has 1 amide bonds. The first-order valence-electron chi connectivity index (χ1n) is 12.7. The third kappa shape index (κ3) is 4.78. The van der Waals surface area contributed by atoms with Crippen LogP contribution in [-0.2, 0) is 6.54 Å². The van der Waals surface area contributed by atoms with Gasteiger partial charge < -0.3 is 14.4 Å². The zero-order valence-electron chi connectivity index (χ0n) is 20.6. The Morgan fingerprint density at radius 2 is 1.66 bits per heavy atom. The summed E-state index contributed by atoms with van der Waals surface area (Å²) in [6, 6.07) is 18.7. The number of nitrogens with zero attached hydrogens (tertiary/aromatic N) is 2. The molecule has 2 fully saturated rings. The molecule has 2 bridgehead atoms. The van der Waals surface area contributed by atoms with Gasteiger partial charge >= 0.3 is 0 Å². The Bertz CT molecular complexity index is 1180. The summed E-state index contributed by atoms with van der Waals surface area (Å²) in [5, 5.41) is 10.3. The second kappa shape index (κ2) is 10.1. The van der Waals surface area contributed by atoms with Crippen molar-refractivity contribution in [2.24, 2.45) is 0 Å². The zero-order chi connectivity index (χ0) is 24.4. The van der Waals surface area contributed by atoms with E-state index in [0.29, 0.717) is 30.7 Å². The highest BCUT2D eigenvalue weighted by atomic mass is 16.3. The van der Waals surface area contributed by atoms with Crippen LogP contribution in [-0.4, -0.2) is 46.0 Å². The Balaban J connectivity index is 1.49. The zero-order valence-corrected chi connectivity index (χ0v) is 20.6. The van der Waals surface area contributed by atoms with Gasteiger partial charge in [-0.3, -0.25) is 9.69 Å². The Morgan fingerprint density at radius 1 is 0.971 bits per heavy atom. The first-order chi connectivity index (χ1) is 17.1. The topological polar surface area (TPSA) is 56.9 Å². The number of phenols is 1. The van der Waals surface area contributed by atoms with Gasteiger partial charge in [0.1, 0.15) is 5.75 Å². The first-order valence-corrected chi connectivity index (χ1v) is 12.7. The lowest BCUT2D eigenvalue weighted by molar-refractivity contribution is 0.0773. The van der Waals surface area contributed by atoms with E-state index in [1.807, 2.05) is 49.3 Å². The van der Waals surface area contributed by atoms with Crippen LogP contribution in [0.5, 0.6) is 5.75 Å². The minimum absolute atomic E-state index is 0.0682. The van der Waals surface area contributed by atoms with E-state index in [1.165, 1.54) is 29.6 Å². The predicted octanol–water partition coefficient (Wildman–Crippen LogP) is 6.10. The molecule has 5 rings (SSSR count). The summed E-state index contributed by atoms with van der Waals surface area (Å²) >= 11 is 0. The fourth-order valence-corrected chi connectivity index (χ4v) is 5.87. The van der Waals surface area contributed by atoms with Crippen molar-refractivity contribution in [3.05, 3.63) is 95.0 Å². The number of benzene rings is 2. The number of carbonyl (C=O) groups excluding carboxylic acids is 1. The van der Waals surface area contributed by atoms with Gasteiger partial charge in [0.25, 0.3) is 5.91 Å². The summed E-state index contributed by atoms with van der Waals surface area (Å²) in [6.45, 7) is 6.35. The van der Waals surface area contributed by atoms with Crippen LogP contribution in [0.3, 0.4) is 0 Å². The molecule has 2 unspecified atom stereocenters. The Hall–Kier alpha value is -3.31. The van der Waals surface area contributed by atoms with E-state index >= 15 is 0 Å². The van der Waals surface area contributed by atoms with Crippen molar-refractivity contribution >= 4 is 11.5 Å². The SMILES string of the molecule is CCN(CC)C(=O)c1ccc(C(=C2CC3CCC(C2)N3Cc2ccoc2)c2cccc(O)c2)cc1. The molecule has 0 saturated carbocycles. The molecule has 5 nitrogen and oxygen atoms in total. The van der Waals surface area contributed by atoms with Crippen molar-refractivity contribution in [3.63, 3.8) is 0 Å². The average Bonchev–Trinajstić information content (AvgIpc) is 3.46. The maximum atomic E-state index is 12.8. The normalized spacial score (nSPS) is 19.7. The van der Waals surface area contributed by atoms with Gasteiger partial charge in [-0.15, -0.1) is 0 Å². The maximum Gasteiger partial charge on any atom is 0.253 e. The molecule has 2 aliphatic rings. The number of amides is 1. The van der Waals surface area contributed by atoms with E-state index in [-0.39, 0.29) is 11.7 Å². The Labute approximate surface area is 207 Å². The van der Waals surface area contributed by atoms with Crippen LogP contribution in [0.2, 0.25) is 0 Å². The number of hydrogen-bond acceptors (Lipinski definition) is 4. The van der Waals surface area contributed by atoms with Gasteiger partial charge in [0.05, 0.1) is 12.5 Å². The van der Waals surface area contributed by atoms with E-state index in [9.17, 15) is 9.90 Å². The quantitative estimate of drug-likeness (QED) is 0.454. The van der Waals surface area contributed by atoms with Crippen molar-refractivity contribution in [2.75, 3.05) is 13.1 Å². The van der Waals surface area contributed by atoms with Crippen molar-refractivity contribution in [3.8, 4) is 5.75 Å². The molecule has 1 N–H and O–H groups in total. The van der Waals surface area contributed by atoms with Crippen LogP contribution in [0, 0.1) is 0 Å². The second-order valence-corrected chi connectivity index (χ2v) is 9.68. The number of aromatic hydroxyl groups is 1. The lowest BCUT2D eigenvalue weighted by Crippen LogP contribution is -2.40. The largest absolute Gasteiger partial charge is 0.508 e. The van der Waals surface area contributed by atoms with Gasteiger partial charge in [-0.05, 0) is 86.6 Å². The minimum Gasteiger partial charge on any atom is -0.508 e. The molecular weight excluding hydrogens is 436 g/mol. The summed E-state index contributed by atoms with van der Waals surface area (Å²) in [4.78, 5) is 17.3. The third-order valence-electron chi connectivity index (χ3n) is 7.64. The molecule has 0 radical (unpaired) electrons. The smallest absolute Gasteiger partial charge is 0.253 e. The van der Waals surface area contributed by atoms with Crippen molar-refractivity contribution in [1.29, 1.82) is 0 Å². The van der Waals surface area contributed by atoms with Crippen LogP contribution in [0.15, 0.2) is 77.1 Å². The van der Waals surface area contributed by atoms with Crippen LogP contribution in [0.4, 0.5) is 0 Å². The molecule has 182 valence electrons. The molecule has 3 heterocycles. The van der Waals surface area contributed by atoms with Crippen LogP contribution in [0.25, 0.3) is 5.57 Å². The van der Waals surface area contributed by atoms with Gasteiger partial charge in [-0.1, -0.05) is 29.8 Å². The average molecular weight is 471 g/mol. The van der Waals surface area contributed by atoms with Gasteiger partial charge in [0.2, 0.25) is 0 Å². The van der Waals surface area contributed by atoms with Crippen LogP contribution in [0.1, 0.15) is 66.6 Å². The fraction of sp³-hybridized carbons (Fsp3) is 0.367. The second-order valence-electron chi connectivity index (χ2n) is 9.68. The van der Waals surface area contributed by atoms with Crippen LogP contribution < -0.4 is 0 Å². The highest BCUT2D eigenvalue weighted by Crippen LogP contribution is 2.43. The predicted molar refractivity (Wildman–Crippen MR) is 138 cm³/mol. The molecule has 2 aromatic carbocycles. The monoisotopic (exact) mass is 470 g/mol. The van der Waals surface area contributed by atoms with Crippen molar-refractivity contribution in [1.82, 2.24) is 9.80 Å². The molecule has 0 spiro atoms. The van der Waals surface area contributed by atoms with Gasteiger partial charge in [0, 0.05) is 42.8 Å². The number of rotatable bonds is 7. The van der Waals surface area contributed by atoms with E-state index in [1.54, 1.807) is 12.3 Å². The molecule has 0 aliphatic carbocycles. The number of piperidine rings is 1. The molecule has 2 atom stereocenters. The molecule has 3 aromatic rings. The summed E-state index contributed by atoms with van der Waals surface area (Å²) < 4.78 is 5.30.